The lowest BCUT2D eigenvalue weighted by Crippen LogP contribution is -1.71. The fourth-order valence-corrected chi connectivity index (χ4v) is 0.715. The molecule has 0 fully saturated rings. The molecule has 0 aromatic rings. The zero-order chi connectivity index (χ0) is 9.82. The Morgan fingerprint density at radius 3 is 2.00 bits per heavy atom. The minimum Gasteiger partial charge on any atom is -0.130 e. The van der Waals surface area contributed by atoms with Gasteiger partial charge in [0, 0.05) is 0 Å². The fourth-order valence-electron chi connectivity index (χ4n) is 0.715. The van der Waals surface area contributed by atoms with Crippen molar-refractivity contribution in [2.75, 3.05) is 0 Å². The molecule has 0 bridgehead atoms. The van der Waals surface area contributed by atoms with Crippen molar-refractivity contribution in [1.29, 1.82) is 0 Å². The van der Waals surface area contributed by atoms with Crippen molar-refractivity contribution in [3.63, 3.8) is 0 Å². The molecule has 0 aliphatic rings. The van der Waals surface area contributed by atoms with Gasteiger partial charge < -0.3 is 0 Å². The van der Waals surface area contributed by atoms with E-state index >= 15 is 0 Å². The zero-order valence-corrected chi connectivity index (χ0v) is 11.0. The smallest absolute Gasteiger partial charge is 0.130 e. The van der Waals surface area contributed by atoms with Gasteiger partial charge in [0.1, 0.15) is 0 Å². The summed E-state index contributed by atoms with van der Waals surface area (Å²) in [6.07, 6.45) is 8.61. The predicted molar refractivity (Wildman–Crippen MR) is 63.7 cm³/mol. The van der Waals surface area contributed by atoms with E-state index in [4.69, 9.17) is 33.2 Å². The highest BCUT2D eigenvalue weighted by molar-refractivity contribution is 7.54. The lowest BCUT2D eigenvalue weighted by molar-refractivity contribution is 0.675. The molecular formula is C8H17Cl3Si. The van der Waals surface area contributed by atoms with Gasteiger partial charge in [-0.15, -0.1) is 39.8 Å². The Morgan fingerprint density at radius 1 is 1.17 bits per heavy atom. The van der Waals surface area contributed by atoms with Gasteiger partial charge in [0.25, 0.3) is 0 Å². The van der Waals surface area contributed by atoms with Crippen molar-refractivity contribution < 1.29 is 0 Å². The van der Waals surface area contributed by atoms with Crippen LogP contribution in [0.1, 0.15) is 39.0 Å². The summed E-state index contributed by atoms with van der Waals surface area (Å²) in [5.74, 6) is 0. The predicted octanol–water partition coefficient (Wildman–Crippen LogP) is 4.56. The second-order valence-corrected chi connectivity index (χ2v) is 8.82. The normalized spacial score (nSPS) is 9.08. The number of hydrogen-bond donors (Lipinski definition) is 0. The van der Waals surface area contributed by atoms with E-state index in [0.717, 1.165) is 0 Å². The molecule has 74 valence electrons. The molecule has 0 aromatic heterocycles. The lowest BCUT2D eigenvalue weighted by atomic mass is 10.2. The molecule has 0 saturated carbocycles. The highest BCUT2D eigenvalue weighted by Crippen LogP contribution is 2.01. The second kappa shape index (κ2) is 14.4. The number of rotatable bonds is 5. The maximum Gasteiger partial charge on any atom is 0.326 e. The van der Waals surface area contributed by atoms with Crippen molar-refractivity contribution >= 4 is 40.0 Å². The first kappa shape index (κ1) is 15.3. The summed E-state index contributed by atoms with van der Waals surface area (Å²) in [4.78, 5) is 0. The van der Waals surface area contributed by atoms with E-state index in [1.54, 1.807) is 0 Å². The molecule has 0 rings (SSSR count). The van der Waals surface area contributed by atoms with Gasteiger partial charge in [0.2, 0.25) is 0 Å². The maximum absolute atomic E-state index is 4.94. The minimum atomic E-state index is -1.72. The molecule has 0 heterocycles. The number of hydrogen-bond acceptors (Lipinski definition) is 0. The molecule has 0 aromatic carbocycles. The molecule has 0 radical (unpaired) electrons. The van der Waals surface area contributed by atoms with E-state index in [0.29, 0.717) is 0 Å². The summed E-state index contributed by atoms with van der Waals surface area (Å²) >= 11 is 14.8. The van der Waals surface area contributed by atoms with Gasteiger partial charge in [-0.3, -0.25) is 0 Å². The average molecular weight is 248 g/mol. The molecule has 0 unspecified atom stereocenters. The van der Waals surface area contributed by atoms with Crippen molar-refractivity contribution in [1.82, 2.24) is 0 Å². The van der Waals surface area contributed by atoms with Crippen LogP contribution in [-0.2, 0) is 0 Å². The highest BCUT2D eigenvalue weighted by atomic mass is 35.8. The topological polar surface area (TPSA) is 0 Å². The van der Waals surface area contributed by atoms with Crippen LogP contribution in [0.4, 0.5) is 0 Å². The quantitative estimate of drug-likeness (QED) is 0.289. The van der Waals surface area contributed by atoms with Crippen LogP contribution in [0.2, 0.25) is 0 Å². The van der Waals surface area contributed by atoms with Crippen molar-refractivity contribution in [2.24, 2.45) is 0 Å². The Hall–Kier alpha value is 0.827. The molecule has 0 aliphatic carbocycles. The Kier molecular flexibility index (Phi) is 18.3. The van der Waals surface area contributed by atoms with Crippen LogP contribution in [0.25, 0.3) is 0 Å². The van der Waals surface area contributed by atoms with E-state index in [-0.39, 0.29) is 0 Å². The largest absolute Gasteiger partial charge is 0.326 e. The lowest BCUT2D eigenvalue weighted by Gasteiger charge is -1.91. The Balaban J connectivity index is 0. The van der Waals surface area contributed by atoms with E-state index in [1.165, 1.54) is 32.1 Å². The van der Waals surface area contributed by atoms with Gasteiger partial charge in [-0.05, 0) is 12.8 Å². The van der Waals surface area contributed by atoms with Crippen LogP contribution in [0.5, 0.6) is 0 Å². The first-order valence-corrected chi connectivity index (χ1v) is 9.42. The van der Waals surface area contributed by atoms with Crippen molar-refractivity contribution in [3.05, 3.63) is 12.7 Å². The van der Waals surface area contributed by atoms with E-state index in [2.05, 4.69) is 13.5 Å². The van der Waals surface area contributed by atoms with Crippen LogP contribution in [0.3, 0.4) is 0 Å². The van der Waals surface area contributed by atoms with Gasteiger partial charge in [-0.25, -0.2) is 0 Å². The van der Waals surface area contributed by atoms with Crippen LogP contribution in [0.15, 0.2) is 12.7 Å². The van der Waals surface area contributed by atoms with Gasteiger partial charge in [-0.2, -0.15) is 0 Å². The minimum absolute atomic E-state index is 1.19. The Labute approximate surface area is 91.6 Å². The van der Waals surface area contributed by atoms with Gasteiger partial charge in [0.05, 0.1) is 0 Å². The summed E-state index contributed by atoms with van der Waals surface area (Å²) in [7, 11) is 0. The third kappa shape index (κ3) is 30.8. The first-order chi connectivity index (χ1) is 5.65. The number of allylic oxidation sites excluding steroid dienone is 1. The average Bonchev–Trinajstić information content (AvgIpc) is 1.97. The molecular weight excluding hydrogens is 231 g/mol. The summed E-state index contributed by atoms with van der Waals surface area (Å²) in [5, 5.41) is 0. The van der Waals surface area contributed by atoms with Crippen molar-refractivity contribution in [3.8, 4) is 0 Å². The summed E-state index contributed by atoms with van der Waals surface area (Å²) in [6, 6.07) is 0. The summed E-state index contributed by atoms with van der Waals surface area (Å²) in [5.41, 5.74) is 0. The highest BCUT2D eigenvalue weighted by Gasteiger charge is 1.85. The Bertz CT molecular complexity index is 83.6. The number of halogens is 3. The van der Waals surface area contributed by atoms with E-state index in [1.807, 2.05) is 6.08 Å². The zero-order valence-electron chi connectivity index (χ0n) is 7.53. The molecule has 12 heavy (non-hydrogen) atoms. The third-order valence-corrected chi connectivity index (χ3v) is 1.26. The van der Waals surface area contributed by atoms with Gasteiger partial charge in [0.15, 0.2) is 0 Å². The molecule has 0 saturated heterocycles. The maximum atomic E-state index is 4.94. The monoisotopic (exact) mass is 246 g/mol. The molecule has 0 aliphatic heterocycles. The standard InChI is InChI=1S/C8H16.Cl3HSi/c1-3-5-7-8-6-4-2;1-4(2)3/h3H,1,4-8H2,2H3;4H. The third-order valence-electron chi connectivity index (χ3n) is 1.26. The van der Waals surface area contributed by atoms with Crippen LogP contribution >= 0.6 is 33.2 Å². The van der Waals surface area contributed by atoms with Gasteiger partial charge >= 0.3 is 6.73 Å². The van der Waals surface area contributed by atoms with Gasteiger partial charge in [-0.1, -0.05) is 32.3 Å². The molecule has 0 spiro atoms. The van der Waals surface area contributed by atoms with Crippen LogP contribution in [0, 0.1) is 0 Å². The first-order valence-electron chi connectivity index (χ1n) is 4.18. The summed E-state index contributed by atoms with van der Waals surface area (Å²) < 4.78 is 0. The van der Waals surface area contributed by atoms with E-state index in [9.17, 15) is 0 Å². The molecule has 0 N–H and O–H groups in total. The van der Waals surface area contributed by atoms with Crippen LogP contribution in [-0.4, -0.2) is 6.73 Å². The Morgan fingerprint density at radius 2 is 1.67 bits per heavy atom. The molecule has 0 atom stereocenters. The fraction of sp³-hybridized carbons (Fsp3) is 0.750. The number of unbranched alkanes of at least 4 members (excludes halogenated alkanes) is 4. The molecule has 4 heteroatoms. The summed E-state index contributed by atoms with van der Waals surface area (Å²) in [6.45, 7) is 4.17. The van der Waals surface area contributed by atoms with Crippen molar-refractivity contribution in [2.45, 2.75) is 39.0 Å². The molecule has 0 amide bonds. The second-order valence-electron chi connectivity index (χ2n) is 2.39. The van der Waals surface area contributed by atoms with E-state index < -0.39 is 6.73 Å². The van der Waals surface area contributed by atoms with Crippen LogP contribution < -0.4 is 0 Å². The molecule has 0 nitrogen and oxygen atoms in total. The SMILES string of the molecule is C=CCCCCCC.Cl[SiH](Cl)Cl.